The van der Waals surface area contributed by atoms with Crippen LogP contribution >= 0.6 is 0 Å². The highest BCUT2D eigenvalue weighted by Crippen LogP contribution is 2.35. The fourth-order valence-electron chi connectivity index (χ4n) is 1.63. The molecule has 0 radical (unpaired) electrons. The largest absolute Gasteiger partial charge is 0.487 e. The Morgan fingerprint density at radius 3 is 2.04 bits per heavy atom. The molecule has 0 aliphatic heterocycles. The molecule has 2 rings (SSSR count). The van der Waals surface area contributed by atoms with Crippen LogP contribution in [0.4, 0.5) is 32.4 Å². The van der Waals surface area contributed by atoms with Crippen LogP contribution in [-0.2, 0) is 0 Å². The number of rotatable bonds is 5. The van der Waals surface area contributed by atoms with Crippen LogP contribution in [0.5, 0.6) is 11.5 Å². The Balaban J connectivity index is 1.88. The number of halogens is 5. The smallest absolute Gasteiger partial charge is 0.456 e. The first-order valence-corrected chi connectivity index (χ1v) is 6.89. The molecule has 1 N–H and O–H groups in total. The van der Waals surface area contributed by atoms with E-state index in [9.17, 15) is 26.7 Å². The van der Waals surface area contributed by atoms with Crippen molar-refractivity contribution in [1.29, 1.82) is 0 Å². The summed E-state index contributed by atoms with van der Waals surface area (Å²) >= 11 is 0. The van der Waals surface area contributed by atoms with E-state index < -0.39 is 24.8 Å². The van der Waals surface area contributed by atoms with Gasteiger partial charge in [-0.2, -0.15) is 22.0 Å². The molecule has 0 spiro atoms. The van der Waals surface area contributed by atoms with Gasteiger partial charge in [0.2, 0.25) is 0 Å². The highest BCUT2D eigenvalue weighted by atomic mass is 19.4. The predicted molar refractivity (Wildman–Crippen MR) is 79.0 cm³/mol. The summed E-state index contributed by atoms with van der Waals surface area (Å²) in [4.78, 5) is 11.6. The molecule has 0 saturated heterocycles. The minimum atomic E-state index is -5.68. The van der Waals surface area contributed by atoms with Gasteiger partial charge in [-0.3, -0.25) is 5.32 Å². The molecule has 0 fully saturated rings. The molecule has 2 aromatic rings. The molecule has 0 bridgehead atoms. The maximum absolute atomic E-state index is 12.8. The molecule has 0 aliphatic rings. The normalized spacial score (nSPS) is 11.7. The molecule has 0 unspecified atom stereocenters. The van der Waals surface area contributed by atoms with Gasteiger partial charge in [0.1, 0.15) is 11.5 Å². The van der Waals surface area contributed by atoms with E-state index in [0.717, 1.165) is 12.1 Å². The van der Waals surface area contributed by atoms with E-state index >= 15 is 0 Å². The van der Waals surface area contributed by atoms with Crippen molar-refractivity contribution in [2.45, 2.75) is 12.1 Å². The molecule has 9 heteroatoms. The Bertz CT molecular complexity index is 702. The molecular weight excluding hydrogens is 349 g/mol. The topological polar surface area (TPSA) is 47.6 Å². The summed E-state index contributed by atoms with van der Waals surface area (Å²) in [7, 11) is 0. The van der Waals surface area contributed by atoms with Crippen LogP contribution in [0.3, 0.4) is 0 Å². The van der Waals surface area contributed by atoms with Gasteiger partial charge in [0.25, 0.3) is 0 Å². The molecule has 2 aromatic carbocycles. The average Bonchev–Trinajstić information content (AvgIpc) is 2.54. The summed E-state index contributed by atoms with van der Waals surface area (Å²) < 4.78 is 71.0. The zero-order chi connectivity index (χ0) is 18.5. The number of nitrogens with one attached hydrogen (secondary N) is 1. The van der Waals surface area contributed by atoms with Crippen molar-refractivity contribution in [3.8, 4) is 11.5 Å². The quantitative estimate of drug-likeness (QED) is 0.773. The summed E-state index contributed by atoms with van der Waals surface area (Å²) in [6.07, 6.45) is -6.47. The second kappa shape index (κ2) is 7.37. The Kier molecular flexibility index (Phi) is 5.45. The predicted octanol–water partition coefficient (Wildman–Crippen LogP) is 4.87. The summed E-state index contributed by atoms with van der Waals surface area (Å²) in [5.41, 5.74) is 0.246. The van der Waals surface area contributed by atoms with Crippen molar-refractivity contribution in [3.63, 3.8) is 0 Å². The summed E-state index contributed by atoms with van der Waals surface area (Å²) in [6, 6.07) is 13.0. The van der Waals surface area contributed by atoms with Crippen LogP contribution in [0.2, 0.25) is 0 Å². The molecule has 134 valence electrons. The van der Waals surface area contributed by atoms with Crippen molar-refractivity contribution >= 4 is 11.8 Å². The van der Waals surface area contributed by atoms with Gasteiger partial charge in [-0.25, -0.2) is 4.79 Å². The monoisotopic (exact) mass is 361 g/mol. The van der Waals surface area contributed by atoms with Crippen LogP contribution < -0.4 is 14.8 Å². The van der Waals surface area contributed by atoms with E-state index in [0.29, 0.717) is 5.75 Å². The van der Waals surface area contributed by atoms with Gasteiger partial charge in [-0.1, -0.05) is 18.2 Å². The number of benzene rings is 2. The number of amides is 1. The standard InChI is InChI=1S/C16H12F5NO3/c17-15(18,16(19,20)21)10-24-12-8-6-11(7-9-12)22-14(23)25-13-4-2-1-3-5-13/h1-9H,10H2,(H,22,23). The van der Waals surface area contributed by atoms with Crippen molar-refractivity contribution in [3.05, 3.63) is 54.6 Å². The maximum Gasteiger partial charge on any atom is 0.456 e. The van der Waals surface area contributed by atoms with Crippen LogP contribution in [-0.4, -0.2) is 24.8 Å². The van der Waals surface area contributed by atoms with Gasteiger partial charge in [-0.05, 0) is 36.4 Å². The lowest BCUT2D eigenvalue weighted by Crippen LogP contribution is -2.41. The van der Waals surface area contributed by atoms with Gasteiger partial charge in [0, 0.05) is 5.69 Å². The lowest BCUT2D eigenvalue weighted by atomic mass is 10.3. The third kappa shape index (κ3) is 5.33. The van der Waals surface area contributed by atoms with Crippen LogP contribution in [0.15, 0.2) is 54.6 Å². The molecule has 0 atom stereocenters. The van der Waals surface area contributed by atoms with Crippen molar-refractivity contribution in [2.75, 3.05) is 11.9 Å². The van der Waals surface area contributed by atoms with Crippen LogP contribution in [0, 0.1) is 0 Å². The lowest BCUT2D eigenvalue weighted by molar-refractivity contribution is -0.290. The number of alkyl halides is 5. The number of carbonyl (C=O) groups is 1. The van der Waals surface area contributed by atoms with Crippen LogP contribution in [0.25, 0.3) is 0 Å². The number of para-hydroxylation sites is 1. The number of anilines is 1. The molecule has 0 heterocycles. The minimum absolute atomic E-state index is 0.203. The fourth-order valence-corrected chi connectivity index (χ4v) is 1.63. The molecule has 25 heavy (non-hydrogen) atoms. The third-order valence-corrected chi connectivity index (χ3v) is 2.89. The van der Waals surface area contributed by atoms with E-state index in [2.05, 4.69) is 10.1 Å². The van der Waals surface area contributed by atoms with E-state index in [1.807, 2.05) is 0 Å². The fraction of sp³-hybridized carbons (Fsp3) is 0.188. The first-order chi connectivity index (χ1) is 11.7. The van der Waals surface area contributed by atoms with E-state index in [1.165, 1.54) is 12.1 Å². The van der Waals surface area contributed by atoms with Gasteiger partial charge in [0.05, 0.1) is 0 Å². The highest BCUT2D eigenvalue weighted by Gasteiger charge is 2.58. The number of carbonyl (C=O) groups excluding carboxylic acids is 1. The summed E-state index contributed by atoms with van der Waals surface area (Å²) in [6.45, 7) is -1.83. The van der Waals surface area contributed by atoms with Crippen molar-refractivity contribution in [2.24, 2.45) is 0 Å². The molecule has 4 nitrogen and oxygen atoms in total. The zero-order valence-electron chi connectivity index (χ0n) is 12.5. The molecule has 0 saturated carbocycles. The van der Waals surface area contributed by atoms with Crippen molar-refractivity contribution < 1.29 is 36.2 Å². The zero-order valence-corrected chi connectivity index (χ0v) is 12.5. The first kappa shape index (κ1) is 18.5. The Morgan fingerprint density at radius 1 is 0.880 bits per heavy atom. The minimum Gasteiger partial charge on any atom is -0.487 e. The molecule has 1 amide bonds. The second-order valence-corrected chi connectivity index (χ2v) is 4.84. The first-order valence-electron chi connectivity index (χ1n) is 6.89. The van der Waals surface area contributed by atoms with E-state index in [-0.39, 0.29) is 11.4 Å². The average molecular weight is 361 g/mol. The molecular formula is C16H12F5NO3. The lowest BCUT2D eigenvalue weighted by Gasteiger charge is -2.19. The molecule has 0 aromatic heterocycles. The SMILES string of the molecule is O=C(Nc1ccc(OCC(F)(F)C(F)(F)F)cc1)Oc1ccccc1. The Labute approximate surface area is 139 Å². The van der Waals surface area contributed by atoms with Gasteiger partial charge < -0.3 is 9.47 Å². The summed E-state index contributed by atoms with van der Waals surface area (Å²) in [5.74, 6) is -4.84. The van der Waals surface area contributed by atoms with Gasteiger partial charge in [0.15, 0.2) is 6.61 Å². The summed E-state index contributed by atoms with van der Waals surface area (Å²) in [5, 5.41) is 2.37. The van der Waals surface area contributed by atoms with Crippen molar-refractivity contribution in [1.82, 2.24) is 0 Å². The third-order valence-electron chi connectivity index (χ3n) is 2.89. The number of hydrogen-bond acceptors (Lipinski definition) is 3. The number of hydrogen-bond donors (Lipinski definition) is 1. The highest BCUT2D eigenvalue weighted by molar-refractivity contribution is 5.86. The maximum atomic E-state index is 12.8. The molecule has 0 aliphatic carbocycles. The van der Waals surface area contributed by atoms with Gasteiger partial charge >= 0.3 is 18.2 Å². The van der Waals surface area contributed by atoms with E-state index in [1.54, 1.807) is 30.3 Å². The Hall–Kier alpha value is -2.84. The second-order valence-electron chi connectivity index (χ2n) is 4.84. The van der Waals surface area contributed by atoms with E-state index in [4.69, 9.17) is 4.74 Å². The number of ether oxygens (including phenoxy) is 2. The Morgan fingerprint density at radius 2 is 1.48 bits per heavy atom. The van der Waals surface area contributed by atoms with Gasteiger partial charge in [-0.15, -0.1) is 0 Å². The van der Waals surface area contributed by atoms with Crippen LogP contribution in [0.1, 0.15) is 0 Å².